The van der Waals surface area contributed by atoms with E-state index < -0.39 is 0 Å². The molecule has 0 N–H and O–H groups in total. The molecule has 1 aliphatic heterocycles. The van der Waals surface area contributed by atoms with Crippen LogP contribution in [0.15, 0.2) is 35.3 Å². The monoisotopic (exact) mass is 213 g/mol. The van der Waals surface area contributed by atoms with Gasteiger partial charge in [0.05, 0.1) is 5.69 Å². The number of hydrogen-bond acceptors (Lipinski definition) is 1. The van der Waals surface area contributed by atoms with Crippen LogP contribution in [-0.2, 0) is 0 Å². The number of fused-ring (bicyclic) bond motifs is 1. The van der Waals surface area contributed by atoms with Crippen LogP contribution >= 0.6 is 0 Å². The van der Waals surface area contributed by atoms with E-state index in [-0.39, 0.29) is 10.8 Å². The molecule has 0 saturated carbocycles. The molecule has 1 atom stereocenters. The van der Waals surface area contributed by atoms with Gasteiger partial charge in [0.1, 0.15) is 0 Å². The topological polar surface area (TPSA) is 12.4 Å². The molecule has 16 heavy (non-hydrogen) atoms. The van der Waals surface area contributed by atoms with Gasteiger partial charge in [-0.25, -0.2) is 0 Å². The van der Waals surface area contributed by atoms with Gasteiger partial charge in [-0.05, 0) is 17.0 Å². The molecule has 1 aliphatic rings. The second-order valence-corrected chi connectivity index (χ2v) is 5.68. The van der Waals surface area contributed by atoms with E-state index in [9.17, 15) is 0 Å². The number of nitrogens with zero attached hydrogens (tertiary/aromatic N) is 1. The third-order valence-corrected chi connectivity index (χ3v) is 3.63. The Labute approximate surface area is 97.9 Å². The van der Waals surface area contributed by atoms with E-state index in [0.29, 0.717) is 0 Å². The molecule has 1 aromatic carbocycles. The van der Waals surface area contributed by atoms with Crippen LogP contribution in [0.3, 0.4) is 0 Å². The maximum absolute atomic E-state index is 4.62. The van der Waals surface area contributed by atoms with Gasteiger partial charge in [0, 0.05) is 11.6 Å². The Morgan fingerprint density at radius 1 is 1.12 bits per heavy atom. The number of rotatable bonds is 0. The zero-order valence-electron chi connectivity index (χ0n) is 10.5. The lowest BCUT2D eigenvalue weighted by Crippen LogP contribution is -2.31. The molecule has 1 aromatic rings. The molecule has 0 spiro atoms. The van der Waals surface area contributed by atoms with Crippen molar-refractivity contribution in [1.29, 1.82) is 0 Å². The summed E-state index contributed by atoms with van der Waals surface area (Å²) in [4.78, 5) is 4.62. The Morgan fingerprint density at radius 2 is 1.81 bits per heavy atom. The molecule has 0 aromatic heterocycles. The average molecular weight is 213 g/mol. The van der Waals surface area contributed by atoms with Crippen LogP contribution in [0.5, 0.6) is 0 Å². The van der Waals surface area contributed by atoms with Crippen LogP contribution in [0, 0.1) is 10.8 Å². The van der Waals surface area contributed by atoms with Crippen molar-refractivity contribution < 1.29 is 0 Å². The zero-order valence-corrected chi connectivity index (χ0v) is 10.5. The summed E-state index contributed by atoms with van der Waals surface area (Å²) in [6.45, 7) is 8.98. The fourth-order valence-electron chi connectivity index (χ4n) is 1.70. The minimum atomic E-state index is 0.00597. The predicted molar refractivity (Wildman–Crippen MR) is 71.2 cm³/mol. The van der Waals surface area contributed by atoms with Crippen LogP contribution in [0.4, 0.5) is 5.69 Å². The minimum Gasteiger partial charge on any atom is -0.260 e. The maximum Gasteiger partial charge on any atom is 0.0698 e. The molecule has 1 nitrogen and oxygen atoms in total. The normalized spacial score (nSPS) is 24.0. The van der Waals surface area contributed by atoms with Crippen molar-refractivity contribution in [2.24, 2.45) is 15.8 Å². The lowest BCUT2D eigenvalue weighted by Gasteiger charge is -2.35. The number of benzene rings is 1. The highest BCUT2D eigenvalue weighted by molar-refractivity contribution is 5.80. The number of allylic oxidation sites excluding steroid dienone is 1. The molecule has 0 saturated heterocycles. The molecule has 1 heterocycles. The van der Waals surface area contributed by atoms with Crippen LogP contribution in [0.1, 0.15) is 33.3 Å². The molecule has 2 rings (SSSR count). The second-order valence-electron chi connectivity index (χ2n) is 5.68. The van der Waals surface area contributed by atoms with Crippen molar-refractivity contribution in [3.63, 3.8) is 0 Å². The van der Waals surface area contributed by atoms with E-state index in [4.69, 9.17) is 0 Å². The van der Waals surface area contributed by atoms with Gasteiger partial charge in [-0.1, -0.05) is 58.0 Å². The second kappa shape index (κ2) is 3.58. The molecule has 0 fully saturated rings. The molecule has 0 bridgehead atoms. The number of aliphatic imine (C=N–C) groups is 1. The molecule has 84 valence electrons. The standard InChI is InChI=1S/C15H19N/c1-14(2,3)15(4)10-9-12-7-5-6-8-13(12)16-11-15/h5-11H,1-4H3. The molecular formula is C15H19N. The van der Waals surface area contributed by atoms with Gasteiger partial charge in [-0.2, -0.15) is 0 Å². The lowest BCUT2D eigenvalue weighted by molar-refractivity contribution is 0.258. The smallest absolute Gasteiger partial charge is 0.0698 e. The summed E-state index contributed by atoms with van der Waals surface area (Å²) < 4.78 is 0. The summed E-state index contributed by atoms with van der Waals surface area (Å²) >= 11 is 0. The first-order chi connectivity index (χ1) is 7.42. The molecule has 1 heteroatoms. The van der Waals surface area contributed by atoms with Crippen molar-refractivity contribution in [2.45, 2.75) is 27.7 Å². The van der Waals surface area contributed by atoms with Gasteiger partial charge in [0.25, 0.3) is 0 Å². The Balaban J connectivity index is 2.49. The largest absolute Gasteiger partial charge is 0.260 e. The summed E-state index contributed by atoms with van der Waals surface area (Å²) in [5.74, 6) is 0. The highest BCUT2D eigenvalue weighted by Crippen LogP contribution is 2.41. The number of para-hydroxylation sites is 1. The van der Waals surface area contributed by atoms with Gasteiger partial charge in [-0.15, -0.1) is 0 Å². The van der Waals surface area contributed by atoms with E-state index in [1.807, 2.05) is 6.07 Å². The summed E-state index contributed by atoms with van der Waals surface area (Å²) in [5, 5.41) is 0. The van der Waals surface area contributed by atoms with E-state index in [0.717, 1.165) is 5.69 Å². The summed E-state index contributed by atoms with van der Waals surface area (Å²) in [6, 6.07) is 8.25. The molecule has 1 unspecified atom stereocenters. The van der Waals surface area contributed by atoms with Crippen molar-refractivity contribution in [3.05, 3.63) is 35.9 Å². The molecule has 0 aliphatic carbocycles. The van der Waals surface area contributed by atoms with E-state index in [2.05, 4.69) is 69.3 Å². The first-order valence-electron chi connectivity index (χ1n) is 5.76. The first-order valence-corrected chi connectivity index (χ1v) is 5.76. The summed E-state index contributed by atoms with van der Waals surface area (Å²) in [6.07, 6.45) is 6.53. The first kappa shape index (κ1) is 11.1. The lowest BCUT2D eigenvalue weighted by atomic mass is 9.68. The molecule has 0 amide bonds. The SMILES string of the molecule is CC(C)(C)C1(C)C=Cc2ccccc2N=C1. The van der Waals surface area contributed by atoms with Crippen LogP contribution in [-0.4, -0.2) is 6.21 Å². The van der Waals surface area contributed by atoms with Crippen LogP contribution in [0.25, 0.3) is 6.08 Å². The molecule has 0 radical (unpaired) electrons. The Kier molecular flexibility index (Phi) is 2.49. The van der Waals surface area contributed by atoms with Crippen molar-refractivity contribution in [3.8, 4) is 0 Å². The minimum absolute atomic E-state index is 0.00597. The van der Waals surface area contributed by atoms with Gasteiger partial charge in [-0.3, -0.25) is 4.99 Å². The third kappa shape index (κ3) is 1.82. The van der Waals surface area contributed by atoms with Gasteiger partial charge in [0.15, 0.2) is 0 Å². The van der Waals surface area contributed by atoms with Gasteiger partial charge < -0.3 is 0 Å². The quantitative estimate of drug-likeness (QED) is 0.603. The Hall–Kier alpha value is -1.37. The molecular weight excluding hydrogens is 194 g/mol. The average Bonchev–Trinajstić information content (AvgIpc) is 2.39. The summed E-state index contributed by atoms with van der Waals surface area (Å²) in [7, 11) is 0. The van der Waals surface area contributed by atoms with Crippen molar-refractivity contribution in [2.75, 3.05) is 0 Å². The fraction of sp³-hybridized carbons (Fsp3) is 0.400. The van der Waals surface area contributed by atoms with Crippen LogP contribution < -0.4 is 0 Å². The van der Waals surface area contributed by atoms with E-state index in [1.165, 1.54) is 5.56 Å². The van der Waals surface area contributed by atoms with Gasteiger partial charge >= 0.3 is 0 Å². The number of hydrogen-bond donors (Lipinski definition) is 0. The van der Waals surface area contributed by atoms with Crippen LogP contribution in [0.2, 0.25) is 0 Å². The fourth-order valence-corrected chi connectivity index (χ4v) is 1.70. The van der Waals surface area contributed by atoms with Gasteiger partial charge in [0.2, 0.25) is 0 Å². The predicted octanol–water partition coefficient (Wildman–Crippen LogP) is 4.47. The summed E-state index contributed by atoms with van der Waals surface area (Å²) in [5.41, 5.74) is 2.44. The Bertz CT molecular complexity index is 414. The van der Waals surface area contributed by atoms with E-state index in [1.54, 1.807) is 0 Å². The van der Waals surface area contributed by atoms with Crippen molar-refractivity contribution >= 4 is 18.0 Å². The highest BCUT2D eigenvalue weighted by atomic mass is 14.7. The highest BCUT2D eigenvalue weighted by Gasteiger charge is 2.34. The third-order valence-electron chi connectivity index (χ3n) is 3.63. The zero-order chi connectivity index (χ0) is 11.8. The van der Waals surface area contributed by atoms with E-state index >= 15 is 0 Å². The van der Waals surface area contributed by atoms with Crippen molar-refractivity contribution in [1.82, 2.24) is 0 Å². The maximum atomic E-state index is 4.62. The Morgan fingerprint density at radius 3 is 2.50 bits per heavy atom.